The first kappa shape index (κ1) is 18.4. The molecule has 1 aromatic carbocycles. The van der Waals surface area contributed by atoms with E-state index >= 15 is 0 Å². The summed E-state index contributed by atoms with van der Waals surface area (Å²) < 4.78 is 18.0. The average Bonchev–Trinajstić information content (AvgIpc) is 3.27. The summed E-state index contributed by atoms with van der Waals surface area (Å²) in [7, 11) is 0. The molecule has 0 bridgehead atoms. The van der Waals surface area contributed by atoms with Crippen LogP contribution in [-0.4, -0.2) is 26.8 Å². The van der Waals surface area contributed by atoms with E-state index in [9.17, 15) is 14.0 Å². The van der Waals surface area contributed by atoms with Crippen molar-refractivity contribution in [2.75, 3.05) is 11.1 Å². The lowest BCUT2D eigenvalue weighted by Gasteiger charge is -2.03. The van der Waals surface area contributed by atoms with E-state index in [0.29, 0.717) is 32.5 Å². The topological polar surface area (TPSA) is 101 Å². The van der Waals surface area contributed by atoms with Crippen LogP contribution < -0.4 is 10.9 Å². The number of carbonyl (C=O) groups excluding carboxylic acids is 1. The second-order valence-electron chi connectivity index (χ2n) is 5.87. The number of carbonyl (C=O) groups is 1. The van der Waals surface area contributed by atoms with Crippen molar-refractivity contribution < 1.29 is 13.7 Å². The molecule has 4 rings (SSSR count). The monoisotopic (exact) mass is 416 g/mol. The van der Waals surface area contributed by atoms with Crippen LogP contribution in [-0.2, 0) is 4.79 Å². The van der Waals surface area contributed by atoms with E-state index in [1.165, 1.54) is 23.5 Å². The number of hydrogen-bond acceptors (Lipinski definition) is 7. The predicted molar refractivity (Wildman–Crippen MR) is 106 cm³/mol. The first-order valence-corrected chi connectivity index (χ1v) is 9.99. The Balaban J connectivity index is 1.52. The molecule has 0 aliphatic carbocycles. The zero-order valence-electron chi connectivity index (χ0n) is 14.5. The molecule has 0 unspecified atom stereocenters. The molecule has 4 aromatic rings. The average molecular weight is 416 g/mol. The van der Waals surface area contributed by atoms with Crippen LogP contribution in [0.4, 0.5) is 10.2 Å². The largest absolute Gasteiger partial charge is 0.360 e. The van der Waals surface area contributed by atoms with E-state index in [2.05, 4.69) is 20.4 Å². The predicted octanol–water partition coefficient (Wildman–Crippen LogP) is 3.82. The summed E-state index contributed by atoms with van der Waals surface area (Å²) in [5, 5.41) is 8.90. The van der Waals surface area contributed by atoms with E-state index in [0.717, 1.165) is 17.3 Å². The Morgan fingerprint density at radius 1 is 1.36 bits per heavy atom. The minimum Gasteiger partial charge on any atom is -0.360 e. The Kier molecular flexibility index (Phi) is 4.97. The number of hydrogen-bond donors (Lipinski definition) is 2. The van der Waals surface area contributed by atoms with Crippen molar-refractivity contribution in [3.05, 3.63) is 57.6 Å². The summed E-state index contributed by atoms with van der Waals surface area (Å²) in [6.07, 6.45) is 0. The van der Waals surface area contributed by atoms with Gasteiger partial charge >= 0.3 is 0 Å². The summed E-state index contributed by atoms with van der Waals surface area (Å²) in [4.78, 5) is 32.2. The normalized spacial score (nSPS) is 11.1. The van der Waals surface area contributed by atoms with Gasteiger partial charge in [-0.1, -0.05) is 29.1 Å². The van der Waals surface area contributed by atoms with E-state index in [-0.39, 0.29) is 23.0 Å². The van der Waals surface area contributed by atoms with Gasteiger partial charge in [-0.15, -0.1) is 11.3 Å². The zero-order valence-corrected chi connectivity index (χ0v) is 16.1. The number of aryl methyl sites for hydroxylation is 1. The summed E-state index contributed by atoms with van der Waals surface area (Å²) >= 11 is 2.43. The van der Waals surface area contributed by atoms with Crippen molar-refractivity contribution in [1.82, 2.24) is 15.1 Å². The molecule has 3 heterocycles. The molecule has 0 radical (unpaired) electrons. The number of anilines is 1. The fourth-order valence-corrected chi connectivity index (χ4v) is 4.24. The number of nitrogens with one attached hydrogen (secondary N) is 2. The van der Waals surface area contributed by atoms with Crippen LogP contribution in [0, 0.1) is 12.7 Å². The number of H-pyrrole nitrogens is 1. The van der Waals surface area contributed by atoms with Crippen molar-refractivity contribution in [1.29, 1.82) is 0 Å². The van der Waals surface area contributed by atoms with Gasteiger partial charge in [0.15, 0.2) is 11.0 Å². The standard InChI is InChI=1S/C18H13FN4O3S2/c1-9-6-13(23-26-9)20-14(24)8-28-18-21-16(25)15-12(7-27-17(15)22-18)10-2-4-11(19)5-3-10/h2-7H,8H2,1H3,(H,20,23,24)(H,21,22,25). The van der Waals surface area contributed by atoms with Crippen LogP contribution in [0.15, 0.2) is 50.2 Å². The van der Waals surface area contributed by atoms with E-state index < -0.39 is 0 Å². The van der Waals surface area contributed by atoms with E-state index in [1.807, 2.05) is 5.38 Å². The Bertz CT molecular complexity index is 1210. The minimum atomic E-state index is -0.340. The zero-order chi connectivity index (χ0) is 19.7. The number of halogens is 1. The van der Waals surface area contributed by atoms with Gasteiger partial charge in [0.1, 0.15) is 16.4 Å². The van der Waals surface area contributed by atoms with Gasteiger partial charge in [0, 0.05) is 17.0 Å². The van der Waals surface area contributed by atoms with Gasteiger partial charge in [0.2, 0.25) is 5.91 Å². The van der Waals surface area contributed by atoms with Crippen molar-refractivity contribution in [2.24, 2.45) is 0 Å². The molecule has 28 heavy (non-hydrogen) atoms. The number of rotatable bonds is 5. The molecule has 1 amide bonds. The number of amides is 1. The molecule has 0 saturated heterocycles. The fourth-order valence-electron chi connectivity index (χ4n) is 2.58. The molecular weight excluding hydrogens is 403 g/mol. The van der Waals surface area contributed by atoms with Gasteiger partial charge in [0.05, 0.1) is 11.1 Å². The fraction of sp³-hybridized carbons (Fsp3) is 0.111. The summed E-state index contributed by atoms with van der Waals surface area (Å²) in [6, 6.07) is 7.54. The van der Waals surface area contributed by atoms with Crippen LogP contribution in [0.3, 0.4) is 0 Å². The van der Waals surface area contributed by atoms with Crippen LogP contribution in [0.25, 0.3) is 21.3 Å². The lowest BCUT2D eigenvalue weighted by molar-refractivity contribution is -0.113. The molecular formula is C18H13FN4O3S2. The first-order chi connectivity index (χ1) is 13.5. The van der Waals surface area contributed by atoms with Gasteiger partial charge in [-0.25, -0.2) is 9.37 Å². The molecule has 0 atom stereocenters. The maximum absolute atomic E-state index is 13.1. The molecule has 2 N–H and O–H groups in total. The highest BCUT2D eigenvalue weighted by Gasteiger charge is 2.14. The smallest absolute Gasteiger partial charge is 0.260 e. The Morgan fingerprint density at radius 2 is 2.14 bits per heavy atom. The van der Waals surface area contributed by atoms with Crippen LogP contribution >= 0.6 is 23.1 Å². The molecule has 10 heteroatoms. The molecule has 142 valence electrons. The number of nitrogens with zero attached hydrogens (tertiary/aromatic N) is 2. The third-order valence-corrected chi connectivity index (χ3v) is 5.56. The van der Waals surface area contributed by atoms with Crippen LogP contribution in [0.5, 0.6) is 0 Å². The van der Waals surface area contributed by atoms with Crippen molar-refractivity contribution in [2.45, 2.75) is 12.1 Å². The summed E-state index contributed by atoms with van der Waals surface area (Å²) in [5.74, 6) is 0.347. The quantitative estimate of drug-likeness (QED) is 0.379. The highest BCUT2D eigenvalue weighted by Crippen LogP contribution is 2.31. The Morgan fingerprint density at radius 3 is 2.86 bits per heavy atom. The van der Waals surface area contributed by atoms with E-state index in [1.54, 1.807) is 25.1 Å². The van der Waals surface area contributed by atoms with Crippen molar-refractivity contribution in [3.63, 3.8) is 0 Å². The minimum absolute atomic E-state index is 0.0521. The molecule has 0 aliphatic heterocycles. The van der Waals surface area contributed by atoms with Gasteiger partial charge < -0.3 is 14.8 Å². The molecule has 0 spiro atoms. The Labute approximate surface area is 166 Å². The Hall–Kier alpha value is -2.98. The lowest BCUT2D eigenvalue weighted by atomic mass is 10.1. The van der Waals surface area contributed by atoms with Crippen LogP contribution in [0.2, 0.25) is 0 Å². The molecule has 0 saturated carbocycles. The SMILES string of the molecule is Cc1cc(NC(=O)CSc2nc3scc(-c4ccc(F)cc4)c3c(=O)[nH]2)no1. The van der Waals surface area contributed by atoms with Gasteiger partial charge in [-0.2, -0.15) is 0 Å². The molecule has 7 nitrogen and oxygen atoms in total. The number of aromatic amines is 1. The maximum atomic E-state index is 13.1. The highest BCUT2D eigenvalue weighted by atomic mass is 32.2. The van der Waals surface area contributed by atoms with Gasteiger partial charge in [-0.3, -0.25) is 9.59 Å². The molecule has 0 fully saturated rings. The van der Waals surface area contributed by atoms with Crippen molar-refractivity contribution >= 4 is 45.0 Å². The third-order valence-electron chi connectivity index (χ3n) is 3.81. The first-order valence-electron chi connectivity index (χ1n) is 8.13. The molecule has 0 aliphatic rings. The summed E-state index contributed by atoms with van der Waals surface area (Å²) in [5.41, 5.74) is 1.13. The van der Waals surface area contributed by atoms with Gasteiger partial charge in [0.25, 0.3) is 5.56 Å². The highest BCUT2D eigenvalue weighted by molar-refractivity contribution is 7.99. The number of fused-ring (bicyclic) bond motifs is 1. The maximum Gasteiger partial charge on any atom is 0.260 e. The number of aromatic nitrogens is 3. The third kappa shape index (κ3) is 3.82. The molecule has 3 aromatic heterocycles. The number of thiophene rings is 1. The second-order valence-corrected chi connectivity index (χ2v) is 7.69. The number of thioether (sulfide) groups is 1. The summed E-state index contributed by atoms with van der Waals surface area (Å²) in [6.45, 7) is 1.72. The number of benzene rings is 1. The van der Waals surface area contributed by atoms with E-state index in [4.69, 9.17) is 4.52 Å². The second kappa shape index (κ2) is 7.56. The van der Waals surface area contributed by atoms with Gasteiger partial charge in [-0.05, 0) is 24.6 Å². The van der Waals surface area contributed by atoms with Crippen molar-refractivity contribution in [3.8, 4) is 11.1 Å². The lowest BCUT2D eigenvalue weighted by Crippen LogP contribution is -2.15. The van der Waals surface area contributed by atoms with Crippen LogP contribution in [0.1, 0.15) is 5.76 Å².